The van der Waals surface area contributed by atoms with E-state index >= 15 is 0 Å². The van der Waals surface area contributed by atoms with E-state index in [1.54, 1.807) is 0 Å². The van der Waals surface area contributed by atoms with E-state index in [-0.39, 0.29) is 0 Å². The molecule has 0 amide bonds. The molecule has 0 radical (unpaired) electrons. The van der Waals surface area contributed by atoms with Crippen LogP contribution >= 0.6 is 0 Å². The van der Waals surface area contributed by atoms with E-state index < -0.39 is 0 Å². The van der Waals surface area contributed by atoms with E-state index in [0.29, 0.717) is 5.92 Å². The Kier molecular flexibility index (Phi) is 2.69. The van der Waals surface area contributed by atoms with Gasteiger partial charge in [-0.05, 0) is 37.6 Å². The number of oxazole rings is 1. The van der Waals surface area contributed by atoms with E-state index in [2.05, 4.69) is 29.4 Å². The van der Waals surface area contributed by atoms with Crippen LogP contribution in [0.2, 0.25) is 0 Å². The molecule has 1 fully saturated rings. The van der Waals surface area contributed by atoms with Crippen molar-refractivity contribution in [3.63, 3.8) is 0 Å². The van der Waals surface area contributed by atoms with Crippen LogP contribution in [0, 0.1) is 12.8 Å². The van der Waals surface area contributed by atoms with E-state index in [1.165, 1.54) is 5.56 Å². The van der Waals surface area contributed by atoms with Gasteiger partial charge in [-0.25, -0.2) is 4.98 Å². The lowest BCUT2D eigenvalue weighted by molar-refractivity contribution is 0.324. The van der Waals surface area contributed by atoms with Crippen molar-refractivity contribution in [1.29, 1.82) is 0 Å². The highest BCUT2D eigenvalue weighted by Gasteiger charge is 2.19. The summed E-state index contributed by atoms with van der Waals surface area (Å²) >= 11 is 0. The van der Waals surface area contributed by atoms with Crippen LogP contribution in [-0.4, -0.2) is 18.1 Å². The van der Waals surface area contributed by atoms with Gasteiger partial charge < -0.3 is 9.73 Å². The van der Waals surface area contributed by atoms with Gasteiger partial charge in [0.1, 0.15) is 5.76 Å². The summed E-state index contributed by atoms with van der Waals surface area (Å²) in [6.07, 6.45) is 2.85. The minimum atomic E-state index is 0.715. The fraction of sp³-hybridized carbons (Fsp3) is 0.357. The summed E-state index contributed by atoms with van der Waals surface area (Å²) < 4.78 is 5.82. The van der Waals surface area contributed by atoms with Crippen LogP contribution in [0.4, 0.5) is 0 Å². The zero-order valence-corrected chi connectivity index (χ0v) is 9.94. The summed E-state index contributed by atoms with van der Waals surface area (Å²) in [6, 6.07) is 8.18. The van der Waals surface area contributed by atoms with Crippen molar-refractivity contribution < 1.29 is 4.42 Å². The van der Waals surface area contributed by atoms with Gasteiger partial charge in [0.15, 0.2) is 0 Å². The first kappa shape index (κ1) is 10.5. The van der Waals surface area contributed by atoms with Crippen molar-refractivity contribution >= 4 is 0 Å². The molecule has 3 nitrogen and oxygen atoms in total. The number of nitrogens with one attached hydrogen (secondary N) is 1. The van der Waals surface area contributed by atoms with E-state index in [1.807, 2.05) is 18.3 Å². The van der Waals surface area contributed by atoms with Crippen molar-refractivity contribution in [3.8, 4) is 11.5 Å². The minimum absolute atomic E-state index is 0.715. The number of aryl methyl sites for hydroxylation is 1. The highest BCUT2D eigenvalue weighted by atomic mass is 16.4. The zero-order valence-electron chi connectivity index (χ0n) is 9.94. The third-order valence-corrected chi connectivity index (χ3v) is 3.28. The molecule has 3 heteroatoms. The van der Waals surface area contributed by atoms with Crippen LogP contribution in [0.15, 0.2) is 34.9 Å². The van der Waals surface area contributed by atoms with Crippen molar-refractivity contribution in [3.05, 3.63) is 41.8 Å². The lowest BCUT2D eigenvalue weighted by atomic mass is 9.98. The first-order chi connectivity index (χ1) is 8.33. The molecular weight excluding hydrogens is 212 g/mol. The molecule has 0 saturated carbocycles. The monoisotopic (exact) mass is 228 g/mol. The molecule has 1 aliphatic rings. The summed E-state index contributed by atoms with van der Waals surface area (Å²) in [5, 5.41) is 3.27. The average Bonchev–Trinajstić information content (AvgIpc) is 2.73. The zero-order chi connectivity index (χ0) is 11.7. The van der Waals surface area contributed by atoms with Gasteiger partial charge in [0.2, 0.25) is 5.89 Å². The molecule has 17 heavy (non-hydrogen) atoms. The van der Waals surface area contributed by atoms with Crippen LogP contribution in [0.25, 0.3) is 11.5 Å². The summed E-state index contributed by atoms with van der Waals surface area (Å²) in [5.74, 6) is 2.45. The quantitative estimate of drug-likeness (QED) is 0.876. The first-order valence-corrected chi connectivity index (χ1v) is 6.04. The molecule has 0 unspecified atom stereocenters. The fourth-order valence-electron chi connectivity index (χ4n) is 2.12. The van der Waals surface area contributed by atoms with Crippen molar-refractivity contribution in [2.75, 3.05) is 13.1 Å². The number of aromatic nitrogens is 1. The summed E-state index contributed by atoms with van der Waals surface area (Å²) in [6.45, 7) is 4.27. The van der Waals surface area contributed by atoms with Crippen LogP contribution in [-0.2, 0) is 6.42 Å². The second-order valence-corrected chi connectivity index (χ2v) is 4.68. The molecule has 0 bridgehead atoms. The van der Waals surface area contributed by atoms with Gasteiger partial charge in [-0.3, -0.25) is 0 Å². The third-order valence-electron chi connectivity index (χ3n) is 3.28. The number of benzene rings is 1. The normalized spacial score (nSPS) is 15.8. The van der Waals surface area contributed by atoms with Gasteiger partial charge in [-0.2, -0.15) is 0 Å². The predicted octanol–water partition coefficient (Wildman–Crippen LogP) is 2.41. The van der Waals surface area contributed by atoms with E-state index in [0.717, 1.165) is 36.7 Å². The molecule has 1 saturated heterocycles. The Balaban J connectivity index is 1.82. The van der Waals surface area contributed by atoms with Crippen LogP contribution in [0.3, 0.4) is 0 Å². The minimum Gasteiger partial charge on any atom is -0.441 e. The average molecular weight is 228 g/mol. The van der Waals surface area contributed by atoms with Crippen molar-refractivity contribution in [2.24, 2.45) is 5.92 Å². The standard InChI is InChI=1S/C14H16N2O/c1-10-4-2-3-5-13(10)14-16-9-12(17-14)6-11-7-15-8-11/h2-5,9,11,15H,6-8H2,1H3. The Morgan fingerprint density at radius 2 is 2.18 bits per heavy atom. The summed E-state index contributed by atoms with van der Waals surface area (Å²) in [4.78, 5) is 4.37. The Bertz CT molecular complexity index is 514. The molecule has 1 aliphatic heterocycles. The van der Waals surface area contributed by atoms with E-state index in [4.69, 9.17) is 4.42 Å². The molecule has 1 aromatic carbocycles. The summed E-state index contributed by atoms with van der Waals surface area (Å²) in [5.41, 5.74) is 2.29. The Hall–Kier alpha value is -1.61. The van der Waals surface area contributed by atoms with Crippen molar-refractivity contribution in [2.45, 2.75) is 13.3 Å². The maximum Gasteiger partial charge on any atom is 0.226 e. The Morgan fingerprint density at radius 3 is 2.88 bits per heavy atom. The fourth-order valence-corrected chi connectivity index (χ4v) is 2.12. The molecule has 3 rings (SSSR count). The van der Waals surface area contributed by atoms with Gasteiger partial charge >= 0.3 is 0 Å². The maximum atomic E-state index is 5.82. The molecule has 0 atom stereocenters. The van der Waals surface area contributed by atoms with Crippen LogP contribution < -0.4 is 5.32 Å². The van der Waals surface area contributed by atoms with Gasteiger partial charge in [-0.15, -0.1) is 0 Å². The van der Waals surface area contributed by atoms with Gasteiger partial charge in [0.25, 0.3) is 0 Å². The maximum absolute atomic E-state index is 5.82. The first-order valence-electron chi connectivity index (χ1n) is 6.04. The van der Waals surface area contributed by atoms with Crippen LogP contribution in [0.1, 0.15) is 11.3 Å². The molecule has 1 N–H and O–H groups in total. The molecule has 0 aliphatic carbocycles. The highest BCUT2D eigenvalue weighted by molar-refractivity contribution is 5.57. The summed E-state index contributed by atoms with van der Waals surface area (Å²) in [7, 11) is 0. The van der Waals surface area contributed by atoms with Gasteiger partial charge in [-0.1, -0.05) is 18.2 Å². The van der Waals surface area contributed by atoms with E-state index in [9.17, 15) is 0 Å². The number of hydrogen-bond acceptors (Lipinski definition) is 3. The molecule has 0 spiro atoms. The topological polar surface area (TPSA) is 38.1 Å². The van der Waals surface area contributed by atoms with Crippen molar-refractivity contribution in [1.82, 2.24) is 10.3 Å². The lowest BCUT2D eigenvalue weighted by Gasteiger charge is -2.25. The number of hydrogen-bond donors (Lipinski definition) is 1. The van der Waals surface area contributed by atoms with Crippen LogP contribution in [0.5, 0.6) is 0 Å². The largest absolute Gasteiger partial charge is 0.441 e. The number of rotatable bonds is 3. The highest BCUT2D eigenvalue weighted by Crippen LogP contribution is 2.24. The molecular formula is C14H16N2O. The SMILES string of the molecule is Cc1ccccc1-c1ncc(CC2CNC2)o1. The van der Waals surface area contributed by atoms with Gasteiger partial charge in [0, 0.05) is 12.0 Å². The molecule has 1 aromatic heterocycles. The molecule has 2 aromatic rings. The second-order valence-electron chi connectivity index (χ2n) is 4.68. The third kappa shape index (κ3) is 2.11. The molecule has 2 heterocycles. The number of nitrogens with zero attached hydrogens (tertiary/aromatic N) is 1. The lowest BCUT2D eigenvalue weighted by Crippen LogP contribution is -2.42. The Morgan fingerprint density at radius 1 is 1.35 bits per heavy atom. The molecule has 88 valence electrons. The smallest absolute Gasteiger partial charge is 0.226 e. The van der Waals surface area contributed by atoms with Gasteiger partial charge in [0.05, 0.1) is 6.20 Å². The Labute approximate surface area is 101 Å². The predicted molar refractivity (Wildman–Crippen MR) is 66.7 cm³/mol. The second kappa shape index (κ2) is 4.34.